The quantitative estimate of drug-likeness (QED) is 0.739. The van der Waals surface area contributed by atoms with Crippen LogP contribution in [0.3, 0.4) is 0 Å². The molecule has 21 heavy (non-hydrogen) atoms. The van der Waals surface area contributed by atoms with Crippen molar-refractivity contribution in [3.63, 3.8) is 0 Å². The monoisotopic (exact) mass is 394 g/mol. The van der Waals surface area contributed by atoms with Gasteiger partial charge in [0.1, 0.15) is 0 Å². The van der Waals surface area contributed by atoms with E-state index in [2.05, 4.69) is 20.8 Å². The maximum atomic E-state index is 13.0. The highest BCUT2D eigenvalue weighted by atomic mass is 79.9. The van der Waals surface area contributed by atoms with Crippen molar-refractivity contribution in [2.75, 3.05) is 26.7 Å². The lowest BCUT2D eigenvalue weighted by Gasteiger charge is -2.37. The molecular weight excluding hydrogens is 376 g/mol. The lowest BCUT2D eigenvalue weighted by Crippen LogP contribution is -2.52. The standard InChI is InChI=1S/C14H20BrClN2O2S/c1-10-6-12(8-16)7-13(14(10)15)21(19,20)18-5-4-17(3)9-11(18)2/h6-7,11H,4-5,8-9H2,1-3H3. The van der Waals surface area contributed by atoms with Gasteiger partial charge in [0.05, 0.1) is 4.90 Å². The van der Waals surface area contributed by atoms with Crippen molar-refractivity contribution >= 4 is 37.6 Å². The molecule has 0 bridgehead atoms. The number of aryl methyl sites for hydroxylation is 1. The van der Waals surface area contributed by atoms with Crippen molar-refractivity contribution in [3.05, 3.63) is 27.7 Å². The first kappa shape index (κ1) is 17.2. The fourth-order valence-electron chi connectivity index (χ4n) is 2.68. The zero-order valence-electron chi connectivity index (χ0n) is 12.4. The number of likely N-dealkylation sites (N-methyl/N-ethyl adjacent to an activating group) is 1. The van der Waals surface area contributed by atoms with Crippen LogP contribution < -0.4 is 0 Å². The highest BCUT2D eigenvalue weighted by Gasteiger charge is 2.34. The Hall–Kier alpha value is -0.140. The lowest BCUT2D eigenvalue weighted by molar-refractivity contribution is 0.170. The zero-order chi connectivity index (χ0) is 15.8. The summed E-state index contributed by atoms with van der Waals surface area (Å²) in [4.78, 5) is 2.46. The van der Waals surface area contributed by atoms with E-state index in [9.17, 15) is 8.42 Å². The summed E-state index contributed by atoms with van der Waals surface area (Å²) in [6, 6.07) is 3.54. The molecule has 1 saturated heterocycles. The summed E-state index contributed by atoms with van der Waals surface area (Å²) in [5, 5.41) is 0. The number of piperazine rings is 1. The Morgan fingerprint density at radius 2 is 2.05 bits per heavy atom. The number of halogens is 2. The SMILES string of the molecule is Cc1cc(CCl)cc(S(=O)(=O)N2CCN(C)CC2C)c1Br. The fraction of sp³-hybridized carbons (Fsp3) is 0.571. The van der Waals surface area contributed by atoms with Crippen LogP contribution in [0.1, 0.15) is 18.1 Å². The highest BCUT2D eigenvalue weighted by Crippen LogP contribution is 2.31. The molecule has 0 aliphatic carbocycles. The molecular formula is C14H20BrClN2O2S. The fourth-order valence-corrected chi connectivity index (χ4v) is 5.48. The Bertz CT molecular complexity index is 636. The first-order valence-electron chi connectivity index (χ1n) is 6.82. The van der Waals surface area contributed by atoms with Gasteiger partial charge in [-0.3, -0.25) is 0 Å². The van der Waals surface area contributed by atoms with Crippen LogP contribution in [0.25, 0.3) is 0 Å². The largest absolute Gasteiger partial charge is 0.303 e. The topological polar surface area (TPSA) is 40.6 Å². The van der Waals surface area contributed by atoms with Crippen LogP contribution in [0.15, 0.2) is 21.5 Å². The van der Waals surface area contributed by atoms with Crippen LogP contribution in [0.4, 0.5) is 0 Å². The molecule has 1 aromatic rings. The second-order valence-corrected chi connectivity index (χ2v) is 8.50. The highest BCUT2D eigenvalue weighted by molar-refractivity contribution is 9.10. The number of hydrogen-bond donors (Lipinski definition) is 0. The molecule has 7 heteroatoms. The minimum Gasteiger partial charge on any atom is -0.303 e. The van der Waals surface area contributed by atoms with Crippen molar-refractivity contribution in [1.82, 2.24) is 9.21 Å². The summed E-state index contributed by atoms with van der Waals surface area (Å²) in [6.07, 6.45) is 0. The van der Waals surface area contributed by atoms with Crippen LogP contribution in [0.2, 0.25) is 0 Å². The Balaban J connectivity index is 2.47. The Labute approximate surface area is 140 Å². The zero-order valence-corrected chi connectivity index (χ0v) is 15.6. The van der Waals surface area contributed by atoms with Crippen molar-refractivity contribution in [1.29, 1.82) is 0 Å². The van der Waals surface area contributed by atoms with E-state index in [0.717, 1.165) is 24.2 Å². The number of benzene rings is 1. The molecule has 1 aliphatic heterocycles. The predicted molar refractivity (Wildman–Crippen MR) is 89.3 cm³/mol. The normalized spacial score (nSPS) is 21.7. The van der Waals surface area contributed by atoms with Gasteiger partial charge in [-0.05, 0) is 54.0 Å². The first-order chi connectivity index (χ1) is 9.77. The average Bonchev–Trinajstić information content (AvgIpc) is 2.40. The van der Waals surface area contributed by atoms with Crippen LogP contribution in [0.5, 0.6) is 0 Å². The second kappa shape index (κ2) is 6.54. The van der Waals surface area contributed by atoms with E-state index in [4.69, 9.17) is 11.6 Å². The number of hydrogen-bond acceptors (Lipinski definition) is 3. The van der Waals surface area contributed by atoms with Crippen LogP contribution >= 0.6 is 27.5 Å². The maximum Gasteiger partial charge on any atom is 0.244 e. The van der Waals surface area contributed by atoms with Gasteiger partial charge in [-0.1, -0.05) is 6.07 Å². The molecule has 1 unspecified atom stereocenters. The number of sulfonamides is 1. The minimum absolute atomic E-state index is 0.0411. The van der Waals surface area contributed by atoms with E-state index < -0.39 is 10.0 Å². The van der Waals surface area contributed by atoms with Gasteiger partial charge in [0.15, 0.2) is 0 Å². The summed E-state index contributed by atoms with van der Waals surface area (Å²) >= 11 is 9.29. The van der Waals surface area contributed by atoms with Gasteiger partial charge in [0.2, 0.25) is 10.0 Å². The molecule has 0 N–H and O–H groups in total. The van der Waals surface area contributed by atoms with Gasteiger partial charge in [-0.25, -0.2) is 8.42 Å². The molecule has 0 saturated carbocycles. The van der Waals surface area contributed by atoms with E-state index >= 15 is 0 Å². The first-order valence-corrected chi connectivity index (χ1v) is 9.59. The van der Waals surface area contributed by atoms with E-state index in [1.165, 1.54) is 0 Å². The van der Waals surface area contributed by atoms with E-state index in [-0.39, 0.29) is 6.04 Å². The third-order valence-electron chi connectivity index (χ3n) is 3.79. The van der Waals surface area contributed by atoms with E-state index in [0.29, 0.717) is 21.8 Å². The molecule has 1 aliphatic rings. The Morgan fingerprint density at radius 1 is 1.38 bits per heavy atom. The van der Waals surface area contributed by atoms with E-state index in [1.807, 2.05) is 27.0 Å². The molecule has 0 amide bonds. The van der Waals surface area contributed by atoms with Crippen molar-refractivity contribution in [2.24, 2.45) is 0 Å². The summed E-state index contributed by atoms with van der Waals surface area (Å²) in [7, 11) is -1.51. The molecule has 1 fully saturated rings. The van der Waals surface area contributed by atoms with Gasteiger partial charge < -0.3 is 4.90 Å². The summed E-state index contributed by atoms with van der Waals surface area (Å²) in [6.45, 7) is 5.82. The molecule has 4 nitrogen and oxygen atoms in total. The maximum absolute atomic E-state index is 13.0. The molecule has 0 radical (unpaired) electrons. The van der Waals surface area contributed by atoms with Gasteiger partial charge in [0, 0.05) is 36.0 Å². The smallest absolute Gasteiger partial charge is 0.244 e. The minimum atomic E-state index is -3.52. The van der Waals surface area contributed by atoms with Gasteiger partial charge in [-0.2, -0.15) is 4.31 Å². The van der Waals surface area contributed by atoms with Crippen LogP contribution in [0, 0.1) is 6.92 Å². The molecule has 1 aromatic carbocycles. The van der Waals surface area contributed by atoms with Gasteiger partial charge >= 0.3 is 0 Å². The molecule has 1 heterocycles. The van der Waals surface area contributed by atoms with Crippen molar-refractivity contribution in [2.45, 2.75) is 30.7 Å². The molecule has 1 atom stereocenters. The second-order valence-electron chi connectivity index (χ2n) is 5.59. The van der Waals surface area contributed by atoms with Crippen LogP contribution in [-0.4, -0.2) is 50.3 Å². The van der Waals surface area contributed by atoms with Crippen LogP contribution in [-0.2, 0) is 15.9 Å². The van der Waals surface area contributed by atoms with Crippen molar-refractivity contribution in [3.8, 4) is 0 Å². The summed E-state index contributed by atoms with van der Waals surface area (Å²) < 4.78 is 28.2. The Kier molecular flexibility index (Phi) is 5.36. The third-order valence-corrected chi connectivity index (χ3v) is 7.45. The molecule has 0 aromatic heterocycles. The Morgan fingerprint density at radius 3 is 2.62 bits per heavy atom. The molecule has 0 spiro atoms. The van der Waals surface area contributed by atoms with Crippen molar-refractivity contribution < 1.29 is 8.42 Å². The number of rotatable bonds is 3. The molecule has 2 rings (SSSR count). The van der Waals surface area contributed by atoms with Gasteiger partial charge in [0.25, 0.3) is 0 Å². The number of nitrogens with zero attached hydrogens (tertiary/aromatic N) is 2. The van der Waals surface area contributed by atoms with Gasteiger partial charge in [-0.15, -0.1) is 11.6 Å². The average molecular weight is 396 g/mol. The summed E-state index contributed by atoms with van der Waals surface area (Å²) in [5.74, 6) is 0.301. The lowest BCUT2D eigenvalue weighted by atomic mass is 10.2. The predicted octanol–water partition coefficient (Wildman–Crippen LogP) is 2.82. The summed E-state index contributed by atoms with van der Waals surface area (Å²) in [5.41, 5.74) is 1.70. The third kappa shape index (κ3) is 3.45. The number of alkyl halides is 1. The molecule has 118 valence electrons. The van der Waals surface area contributed by atoms with E-state index in [1.54, 1.807) is 10.4 Å².